The van der Waals surface area contributed by atoms with E-state index < -0.39 is 0 Å². The van der Waals surface area contributed by atoms with Crippen molar-refractivity contribution in [3.8, 4) is 0 Å². The van der Waals surface area contributed by atoms with E-state index in [0.717, 1.165) is 32.2 Å². The minimum Gasteiger partial charge on any atom is -0.356 e. The Morgan fingerprint density at radius 1 is 1.11 bits per heavy atom. The van der Waals surface area contributed by atoms with Gasteiger partial charge >= 0.3 is 0 Å². The van der Waals surface area contributed by atoms with Crippen LogP contribution in [0.25, 0.3) is 0 Å². The van der Waals surface area contributed by atoms with Gasteiger partial charge in [0.15, 0.2) is 0 Å². The molecule has 0 aromatic heterocycles. The van der Waals surface area contributed by atoms with Crippen molar-refractivity contribution in [2.75, 3.05) is 6.54 Å². The average molecular weight is 266 g/mol. The summed E-state index contributed by atoms with van der Waals surface area (Å²) < 4.78 is 0. The van der Waals surface area contributed by atoms with Crippen LogP contribution in [0.2, 0.25) is 0 Å². The lowest BCUT2D eigenvalue weighted by molar-refractivity contribution is -0.127. The molecule has 2 aliphatic carbocycles. The molecule has 0 aliphatic heterocycles. The third kappa shape index (κ3) is 4.22. The number of nitrogens with one attached hydrogen (secondary N) is 2. The van der Waals surface area contributed by atoms with Crippen molar-refractivity contribution in [1.82, 2.24) is 10.6 Å². The first-order valence-electron chi connectivity index (χ1n) is 7.66. The van der Waals surface area contributed by atoms with Crippen LogP contribution in [-0.2, 0) is 9.59 Å². The van der Waals surface area contributed by atoms with Crippen LogP contribution in [0.4, 0.5) is 0 Å². The van der Waals surface area contributed by atoms with Crippen molar-refractivity contribution in [3.63, 3.8) is 0 Å². The number of amides is 2. The Morgan fingerprint density at radius 2 is 1.74 bits per heavy atom. The monoisotopic (exact) mass is 266 g/mol. The molecular formula is C15H26N2O2. The Balaban J connectivity index is 1.65. The minimum atomic E-state index is -0.0754. The number of carbonyl (C=O) groups is 2. The Hall–Kier alpha value is -1.06. The third-order valence-corrected chi connectivity index (χ3v) is 4.19. The third-order valence-electron chi connectivity index (χ3n) is 4.19. The van der Waals surface area contributed by atoms with Gasteiger partial charge in [0.05, 0.1) is 11.8 Å². The molecule has 2 aliphatic rings. The molecule has 0 spiro atoms. The van der Waals surface area contributed by atoms with Crippen LogP contribution in [0.1, 0.15) is 52.4 Å². The van der Waals surface area contributed by atoms with Crippen molar-refractivity contribution >= 4 is 11.8 Å². The van der Waals surface area contributed by atoms with Gasteiger partial charge in [-0.05, 0) is 31.6 Å². The Labute approximate surface area is 115 Å². The highest BCUT2D eigenvalue weighted by Crippen LogP contribution is 2.39. The molecule has 0 bridgehead atoms. The summed E-state index contributed by atoms with van der Waals surface area (Å²) >= 11 is 0. The fourth-order valence-electron chi connectivity index (χ4n) is 2.77. The fraction of sp³-hybridized carbons (Fsp3) is 0.867. The van der Waals surface area contributed by atoms with Gasteiger partial charge in [0.25, 0.3) is 0 Å². The Morgan fingerprint density at radius 3 is 2.37 bits per heavy atom. The highest BCUT2D eigenvalue weighted by atomic mass is 16.2. The normalized spacial score (nSPS) is 26.5. The maximum atomic E-state index is 12.0. The second-order valence-corrected chi connectivity index (χ2v) is 6.41. The summed E-state index contributed by atoms with van der Waals surface area (Å²) in [5.41, 5.74) is 0. The largest absolute Gasteiger partial charge is 0.356 e. The van der Waals surface area contributed by atoms with E-state index in [4.69, 9.17) is 0 Å². The van der Waals surface area contributed by atoms with Crippen LogP contribution in [0.3, 0.4) is 0 Å². The lowest BCUT2D eigenvalue weighted by atomic mass is 10.1. The molecule has 2 saturated carbocycles. The van der Waals surface area contributed by atoms with Gasteiger partial charge in [-0.1, -0.05) is 26.7 Å². The quantitative estimate of drug-likeness (QED) is 0.770. The molecule has 2 atom stereocenters. The molecule has 0 aromatic rings. The molecular weight excluding hydrogens is 240 g/mol. The van der Waals surface area contributed by atoms with E-state index in [1.807, 2.05) is 0 Å². The van der Waals surface area contributed by atoms with E-state index in [9.17, 15) is 9.59 Å². The molecule has 2 unspecified atom stereocenters. The van der Waals surface area contributed by atoms with Crippen LogP contribution >= 0.6 is 0 Å². The number of carbonyl (C=O) groups excluding carboxylic acids is 2. The molecule has 0 saturated heterocycles. The summed E-state index contributed by atoms with van der Waals surface area (Å²) in [4.78, 5) is 23.8. The second kappa shape index (κ2) is 6.40. The highest BCUT2D eigenvalue weighted by Gasteiger charge is 2.48. The van der Waals surface area contributed by atoms with Gasteiger partial charge in [-0.2, -0.15) is 0 Å². The van der Waals surface area contributed by atoms with Crippen LogP contribution in [-0.4, -0.2) is 24.4 Å². The van der Waals surface area contributed by atoms with Crippen LogP contribution in [0.15, 0.2) is 0 Å². The zero-order valence-electron chi connectivity index (χ0n) is 12.1. The standard InChI is InChI=1S/C15H26N2O2/c1-10(2)7-8-16-14(18)12-9-13(12)15(19)17-11-5-3-4-6-11/h10-13H,3-9H2,1-2H3,(H,16,18)(H,17,19). The molecule has 2 rings (SSSR count). The number of hydrogen-bond donors (Lipinski definition) is 2. The SMILES string of the molecule is CC(C)CCNC(=O)C1CC1C(=O)NC1CCCC1. The summed E-state index contributed by atoms with van der Waals surface area (Å²) in [7, 11) is 0. The van der Waals surface area contributed by atoms with Gasteiger partial charge < -0.3 is 10.6 Å². The predicted octanol–water partition coefficient (Wildman–Crippen LogP) is 1.84. The van der Waals surface area contributed by atoms with Crippen LogP contribution < -0.4 is 10.6 Å². The van der Waals surface area contributed by atoms with E-state index in [2.05, 4.69) is 24.5 Å². The van der Waals surface area contributed by atoms with E-state index in [1.165, 1.54) is 12.8 Å². The molecule has 0 heterocycles. The van der Waals surface area contributed by atoms with Gasteiger partial charge in [-0.15, -0.1) is 0 Å². The fourth-order valence-corrected chi connectivity index (χ4v) is 2.77. The average Bonchev–Trinajstić information content (AvgIpc) is 3.00. The van der Waals surface area contributed by atoms with Gasteiger partial charge in [-0.25, -0.2) is 0 Å². The molecule has 108 valence electrons. The molecule has 0 radical (unpaired) electrons. The second-order valence-electron chi connectivity index (χ2n) is 6.41. The van der Waals surface area contributed by atoms with Gasteiger partial charge in [0.2, 0.25) is 11.8 Å². The summed E-state index contributed by atoms with van der Waals surface area (Å²) in [5.74, 6) is 0.609. The topological polar surface area (TPSA) is 58.2 Å². The lowest BCUT2D eigenvalue weighted by Gasteiger charge is -2.11. The van der Waals surface area contributed by atoms with Crippen LogP contribution in [0.5, 0.6) is 0 Å². The summed E-state index contributed by atoms with van der Waals surface area (Å²) in [5, 5.41) is 6.02. The van der Waals surface area contributed by atoms with E-state index >= 15 is 0 Å². The minimum absolute atomic E-state index is 0.0622. The Bertz CT molecular complexity index is 335. The van der Waals surface area contributed by atoms with Gasteiger partial charge in [-0.3, -0.25) is 9.59 Å². The molecule has 2 fully saturated rings. The zero-order valence-corrected chi connectivity index (χ0v) is 12.1. The lowest BCUT2D eigenvalue weighted by Crippen LogP contribution is -2.35. The number of hydrogen-bond acceptors (Lipinski definition) is 2. The molecule has 2 N–H and O–H groups in total. The molecule has 0 aromatic carbocycles. The Kier molecular flexibility index (Phi) is 4.83. The molecule has 2 amide bonds. The van der Waals surface area contributed by atoms with Crippen molar-refractivity contribution < 1.29 is 9.59 Å². The van der Waals surface area contributed by atoms with E-state index in [0.29, 0.717) is 12.0 Å². The molecule has 4 heteroatoms. The molecule has 4 nitrogen and oxygen atoms in total. The maximum absolute atomic E-state index is 12.0. The predicted molar refractivity (Wildman–Crippen MR) is 74.5 cm³/mol. The van der Waals surface area contributed by atoms with Crippen molar-refractivity contribution in [3.05, 3.63) is 0 Å². The summed E-state index contributed by atoms with van der Waals surface area (Å²) in [6, 6.07) is 0.359. The summed E-state index contributed by atoms with van der Waals surface area (Å²) in [6.07, 6.45) is 6.36. The first-order chi connectivity index (χ1) is 9.08. The maximum Gasteiger partial charge on any atom is 0.224 e. The molecule has 19 heavy (non-hydrogen) atoms. The van der Waals surface area contributed by atoms with E-state index in [1.54, 1.807) is 0 Å². The first kappa shape index (κ1) is 14.4. The smallest absolute Gasteiger partial charge is 0.224 e. The highest BCUT2D eigenvalue weighted by molar-refractivity contribution is 5.92. The van der Waals surface area contributed by atoms with Gasteiger partial charge in [0, 0.05) is 12.6 Å². The van der Waals surface area contributed by atoms with Crippen molar-refractivity contribution in [1.29, 1.82) is 0 Å². The zero-order chi connectivity index (χ0) is 13.8. The van der Waals surface area contributed by atoms with Crippen LogP contribution in [0, 0.1) is 17.8 Å². The summed E-state index contributed by atoms with van der Waals surface area (Å²) in [6.45, 7) is 5.01. The van der Waals surface area contributed by atoms with Gasteiger partial charge in [0.1, 0.15) is 0 Å². The van der Waals surface area contributed by atoms with Crippen molar-refractivity contribution in [2.24, 2.45) is 17.8 Å². The first-order valence-corrected chi connectivity index (χ1v) is 7.66. The van der Waals surface area contributed by atoms with Crippen molar-refractivity contribution in [2.45, 2.75) is 58.4 Å². The van der Waals surface area contributed by atoms with E-state index in [-0.39, 0.29) is 23.7 Å². The number of rotatable bonds is 6.